The number of nitrogens with zero attached hydrogens (tertiary/aromatic N) is 3. The fourth-order valence-electron chi connectivity index (χ4n) is 3.64. The highest BCUT2D eigenvalue weighted by atomic mass is 35.5. The molecule has 0 radical (unpaired) electrons. The van der Waals surface area contributed by atoms with E-state index < -0.39 is 0 Å². The fraction of sp³-hybridized carbons (Fsp3) is 0.300. The molecule has 5 heteroatoms. The first-order chi connectivity index (χ1) is 12.2. The highest BCUT2D eigenvalue weighted by Gasteiger charge is 2.33. The van der Waals surface area contributed by atoms with E-state index in [2.05, 4.69) is 16.7 Å². The van der Waals surface area contributed by atoms with Crippen molar-refractivity contribution >= 4 is 28.5 Å². The lowest BCUT2D eigenvalue weighted by atomic mass is 10.1. The van der Waals surface area contributed by atoms with Crippen molar-refractivity contribution in [3.63, 3.8) is 0 Å². The summed E-state index contributed by atoms with van der Waals surface area (Å²) in [4.78, 5) is 19.0. The van der Waals surface area contributed by atoms with Gasteiger partial charge >= 0.3 is 0 Å². The molecule has 1 fully saturated rings. The van der Waals surface area contributed by atoms with E-state index in [1.165, 1.54) is 0 Å². The molecule has 0 spiro atoms. The Labute approximate surface area is 152 Å². The largest absolute Gasteiger partial charge is 0.342 e. The summed E-state index contributed by atoms with van der Waals surface area (Å²) in [7, 11) is 0. The van der Waals surface area contributed by atoms with Crippen molar-refractivity contribution in [2.45, 2.75) is 25.8 Å². The molecule has 0 bridgehead atoms. The van der Waals surface area contributed by atoms with Gasteiger partial charge in [0.15, 0.2) is 0 Å². The molecule has 25 heavy (non-hydrogen) atoms. The van der Waals surface area contributed by atoms with E-state index in [1.54, 1.807) is 0 Å². The number of carbonyl (C=O) groups excluding carboxylic acids is 1. The first-order valence-corrected chi connectivity index (χ1v) is 9.01. The van der Waals surface area contributed by atoms with Crippen molar-refractivity contribution in [3.05, 3.63) is 64.9 Å². The van der Waals surface area contributed by atoms with E-state index in [0.29, 0.717) is 13.0 Å². The third-order valence-corrected chi connectivity index (χ3v) is 5.11. The summed E-state index contributed by atoms with van der Waals surface area (Å²) >= 11 is 6.15. The first-order valence-electron chi connectivity index (χ1n) is 8.63. The van der Waals surface area contributed by atoms with Gasteiger partial charge in [0.25, 0.3) is 0 Å². The summed E-state index contributed by atoms with van der Waals surface area (Å²) in [5.74, 6) is 1.35. The maximum Gasteiger partial charge on any atom is 0.223 e. The molecule has 1 aromatic heterocycles. The molecule has 1 atom stereocenters. The van der Waals surface area contributed by atoms with Crippen LogP contribution >= 0.6 is 11.6 Å². The number of amides is 1. The predicted octanol–water partition coefficient (Wildman–Crippen LogP) is 4.07. The van der Waals surface area contributed by atoms with Crippen molar-refractivity contribution in [3.8, 4) is 0 Å². The second-order valence-electron chi connectivity index (χ2n) is 6.51. The zero-order valence-electron chi connectivity index (χ0n) is 14.2. The Kier molecular flexibility index (Phi) is 4.22. The first kappa shape index (κ1) is 16.2. The molecular formula is C20H20ClN3O. The summed E-state index contributed by atoms with van der Waals surface area (Å²) in [5, 5.41) is 0.733. The van der Waals surface area contributed by atoms with Crippen molar-refractivity contribution < 1.29 is 4.79 Å². The fourth-order valence-corrected chi connectivity index (χ4v) is 3.85. The van der Waals surface area contributed by atoms with Gasteiger partial charge in [0.1, 0.15) is 5.82 Å². The topological polar surface area (TPSA) is 38.1 Å². The van der Waals surface area contributed by atoms with Crippen LogP contribution in [0.3, 0.4) is 0 Å². The summed E-state index contributed by atoms with van der Waals surface area (Å²) in [6, 6.07) is 16.1. The number of rotatable bonds is 4. The van der Waals surface area contributed by atoms with E-state index in [4.69, 9.17) is 16.6 Å². The minimum Gasteiger partial charge on any atom is -0.342 e. The quantitative estimate of drug-likeness (QED) is 0.709. The van der Waals surface area contributed by atoms with Crippen molar-refractivity contribution in [2.24, 2.45) is 0 Å². The van der Waals surface area contributed by atoms with Crippen molar-refractivity contribution in [2.75, 3.05) is 13.1 Å². The summed E-state index contributed by atoms with van der Waals surface area (Å²) in [5.41, 5.74) is 3.20. The van der Waals surface area contributed by atoms with Gasteiger partial charge in [0.2, 0.25) is 5.91 Å². The Morgan fingerprint density at radius 1 is 1.20 bits per heavy atom. The maximum atomic E-state index is 12.2. The Balaban J connectivity index is 1.77. The number of para-hydroxylation sites is 2. The standard InChI is InChI=1S/C20H20ClN3O/c1-2-23-13-15(11-19(23)25)20-22-17-8-3-4-9-18(17)24(20)12-14-6-5-7-16(21)10-14/h3-10,15H,2,11-13H2,1H3/t15-/m1/s1. The highest BCUT2D eigenvalue weighted by Crippen LogP contribution is 2.31. The molecule has 1 aliphatic rings. The van der Waals surface area contributed by atoms with E-state index in [1.807, 2.05) is 48.2 Å². The van der Waals surface area contributed by atoms with Crippen LogP contribution in [0.4, 0.5) is 0 Å². The Morgan fingerprint density at radius 2 is 2.04 bits per heavy atom. The zero-order valence-corrected chi connectivity index (χ0v) is 14.9. The van der Waals surface area contributed by atoms with E-state index in [-0.39, 0.29) is 11.8 Å². The van der Waals surface area contributed by atoms with Crippen molar-refractivity contribution in [1.82, 2.24) is 14.5 Å². The average Bonchev–Trinajstić information content (AvgIpc) is 3.16. The molecular weight excluding hydrogens is 334 g/mol. The normalized spacial score (nSPS) is 17.6. The Bertz CT molecular complexity index is 934. The van der Waals surface area contributed by atoms with Gasteiger partial charge in [0, 0.05) is 37.0 Å². The monoisotopic (exact) mass is 353 g/mol. The number of benzene rings is 2. The summed E-state index contributed by atoms with van der Waals surface area (Å²) in [6.45, 7) is 4.22. The van der Waals surface area contributed by atoms with Crippen LogP contribution in [-0.2, 0) is 11.3 Å². The van der Waals surface area contributed by atoms with Gasteiger partial charge in [-0.3, -0.25) is 4.79 Å². The molecule has 1 amide bonds. The average molecular weight is 354 g/mol. The summed E-state index contributed by atoms with van der Waals surface area (Å²) in [6.07, 6.45) is 0.534. The number of carbonyl (C=O) groups is 1. The molecule has 1 saturated heterocycles. The van der Waals surface area contributed by atoms with E-state index in [0.717, 1.165) is 40.5 Å². The number of halogens is 1. The van der Waals surface area contributed by atoms with Gasteiger partial charge in [-0.05, 0) is 36.8 Å². The van der Waals surface area contributed by atoms with Gasteiger partial charge in [0.05, 0.1) is 11.0 Å². The van der Waals surface area contributed by atoms with Crippen LogP contribution in [0.25, 0.3) is 11.0 Å². The lowest BCUT2D eigenvalue weighted by Gasteiger charge is -2.15. The van der Waals surface area contributed by atoms with Crippen molar-refractivity contribution in [1.29, 1.82) is 0 Å². The van der Waals surface area contributed by atoms with Crippen LogP contribution in [0.2, 0.25) is 5.02 Å². The summed E-state index contributed by atoms with van der Waals surface area (Å²) < 4.78 is 2.23. The van der Waals surface area contributed by atoms with Gasteiger partial charge in [-0.2, -0.15) is 0 Å². The highest BCUT2D eigenvalue weighted by molar-refractivity contribution is 6.30. The lowest BCUT2D eigenvalue weighted by molar-refractivity contribution is -0.127. The molecule has 3 aromatic rings. The number of fused-ring (bicyclic) bond motifs is 1. The minimum atomic E-state index is 0.138. The van der Waals surface area contributed by atoms with Gasteiger partial charge in [-0.1, -0.05) is 35.9 Å². The van der Waals surface area contributed by atoms with Crippen LogP contribution in [0.15, 0.2) is 48.5 Å². The number of likely N-dealkylation sites (N-methyl/N-ethyl adjacent to an activating group) is 1. The van der Waals surface area contributed by atoms with Gasteiger partial charge in [-0.15, -0.1) is 0 Å². The Morgan fingerprint density at radius 3 is 2.80 bits per heavy atom. The molecule has 128 valence electrons. The molecule has 2 aromatic carbocycles. The molecule has 0 N–H and O–H groups in total. The number of likely N-dealkylation sites (tertiary alicyclic amines) is 1. The predicted molar refractivity (Wildman–Crippen MR) is 99.9 cm³/mol. The number of imidazole rings is 1. The van der Waals surface area contributed by atoms with E-state index >= 15 is 0 Å². The second kappa shape index (κ2) is 6.52. The molecule has 0 unspecified atom stereocenters. The Hall–Kier alpha value is -2.33. The molecule has 2 heterocycles. The van der Waals surface area contributed by atoms with Crippen LogP contribution in [0.5, 0.6) is 0 Å². The van der Waals surface area contributed by atoms with Crippen LogP contribution < -0.4 is 0 Å². The molecule has 4 nitrogen and oxygen atoms in total. The van der Waals surface area contributed by atoms with Crippen LogP contribution in [0.1, 0.15) is 30.7 Å². The maximum absolute atomic E-state index is 12.2. The number of hydrogen-bond donors (Lipinski definition) is 0. The van der Waals surface area contributed by atoms with Gasteiger partial charge in [-0.25, -0.2) is 4.98 Å². The number of aromatic nitrogens is 2. The minimum absolute atomic E-state index is 0.138. The van der Waals surface area contributed by atoms with E-state index in [9.17, 15) is 4.79 Å². The van der Waals surface area contributed by atoms with Crippen LogP contribution in [0, 0.1) is 0 Å². The number of hydrogen-bond acceptors (Lipinski definition) is 2. The smallest absolute Gasteiger partial charge is 0.223 e. The molecule has 1 aliphatic heterocycles. The SMILES string of the molecule is CCN1C[C@H](c2nc3ccccc3n2Cc2cccc(Cl)c2)CC1=O. The van der Waals surface area contributed by atoms with Crippen LogP contribution in [-0.4, -0.2) is 33.4 Å². The zero-order chi connectivity index (χ0) is 17.4. The lowest BCUT2D eigenvalue weighted by Crippen LogP contribution is -2.24. The second-order valence-corrected chi connectivity index (χ2v) is 6.94. The molecule has 0 saturated carbocycles. The molecule has 4 rings (SSSR count). The van der Waals surface area contributed by atoms with Gasteiger partial charge < -0.3 is 9.47 Å². The molecule has 0 aliphatic carbocycles. The third-order valence-electron chi connectivity index (χ3n) is 4.88. The third kappa shape index (κ3) is 3.02.